The van der Waals surface area contributed by atoms with Gasteiger partial charge >= 0.3 is 0 Å². The summed E-state index contributed by atoms with van der Waals surface area (Å²) < 4.78 is 0. The molecule has 0 saturated heterocycles. The van der Waals surface area contributed by atoms with Crippen LogP contribution in [0.3, 0.4) is 0 Å². The van der Waals surface area contributed by atoms with Gasteiger partial charge in [0.15, 0.2) is 0 Å². The van der Waals surface area contributed by atoms with Gasteiger partial charge in [0.2, 0.25) is 0 Å². The van der Waals surface area contributed by atoms with Crippen LogP contribution in [0.25, 0.3) is 0 Å². The van der Waals surface area contributed by atoms with Crippen molar-refractivity contribution in [3.05, 3.63) is 35.4 Å². The van der Waals surface area contributed by atoms with Crippen LogP contribution in [-0.4, -0.2) is 5.11 Å². The molecule has 1 saturated carbocycles. The van der Waals surface area contributed by atoms with Gasteiger partial charge in [-0.05, 0) is 55.1 Å². The third-order valence-corrected chi connectivity index (χ3v) is 4.68. The van der Waals surface area contributed by atoms with E-state index >= 15 is 0 Å². The van der Waals surface area contributed by atoms with E-state index < -0.39 is 5.60 Å². The fraction of sp³-hybridized carbons (Fsp3) is 0.647. The Balaban J connectivity index is 2.15. The molecule has 1 aliphatic carbocycles. The monoisotopic (exact) mass is 246 g/mol. The van der Waals surface area contributed by atoms with Gasteiger partial charge in [-0.3, -0.25) is 0 Å². The van der Waals surface area contributed by atoms with Crippen molar-refractivity contribution < 1.29 is 5.11 Å². The van der Waals surface area contributed by atoms with Crippen LogP contribution in [-0.2, 0) is 5.60 Å². The van der Waals surface area contributed by atoms with Crippen LogP contribution < -0.4 is 0 Å². The number of benzene rings is 1. The molecule has 1 nitrogen and oxygen atoms in total. The molecule has 100 valence electrons. The largest absolute Gasteiger partial charge is 0.385 e. The molecule has 18 heavy (non-hydrogen) atoms. The average molecular weight is 246 g/mol. The van der Waals surface area contributed by atoms with E-state index in [9.17, 15) is 5.11 Å². The fourth-order valence-corrected chi connectivity index (χ4v) is 3.33. The van der Waals surface area contributed by atoms with Crippen molar-refractivity contribution >= 4 is 0 Å². The predicted octanol–water partition coefficient (Wildman–Crippen LogP) is 4.42. The number of aryl methyl sites for hydroxylation is 1. The highest BCUT2D eigenvalue weighted by atomic mass is 16.3. The van der Waals surface area contributed by atoms with Crippen molar-refractivity contribution in [3.63, 3.8) is 0 Å². The van der Waals surface area contributed by atoms with Gasteiger partial charge in [0.25, 0.3) is 0 Å². The normalized spacial score (nSPS) is 29.3. The van der Waals surface area contributed by atoms with E-state index in [-0.39, 0.29) is 0 Å². The van der Waals surface area contributed by atoms with Gasteiger partial charge in [0.05, 0.1) is 5.60 Å². The zero-order chi connectivity index (χ0) is 13.4. The third-order valence-electron chi connectivity index (χ3n) is 4.68. The number of hydrogen-bond donors (Lipinski definition) is 1. The Morgan fingerprint density at radius 1 is 1.11 bits per heavy atom. The van der Waals surface area contributed by atoms with Crippen LogP contribution in [0.15, 0.2) is 24.3 Å². The highest BCUT2D eigenvalue weighted by Crippen LogP contribution is 2.45. The van der Waals surface area contributed by atoms with Crippen molar-refractivity contribution in [2.24, 2.45) is 11.3 Å². The maximum atomic E-state index is 10.9. The summed E-state index contributed by atoms with van der Waals surface area (Å²) in [4.78, 5) is 0. The van der Waals surface area contributed by atoms with Crippen molar-refractivity contribution in [2.45, 2.75) is 59.0 Å². The van der Waals surface area contributed by atoms with Crippen molar-refractivity contribution in [1.82, 2.24) is 0 Å². The van der Waals surface area contributed by atoms with Gasteiger partial charge in [0, 0.05) is 0 Å². The molecule has 0 aliphatic heterocycles. The molecule has 1 fully saturated rings. The number of hydrogen-bond acceptors (Lipinski definition) is 1. The van der Waals surface area contributed by atoms with Crippen LogP contribution in [0.4, 0.5) is 0 Å². The lowest BCUT2D eigenvalue weighted by Crippen LogP contribution is -2.35. The quantitative estimate of drug-likeness (QED) is 0.777. The lowest BCUT2D eigenvalue weighted by molar-refractivity contribution is -0.0302. The van der Waals surface area contributed by atoms with Crippen LogP contribution in [0, 0.1) is 18.3 Å². The Hall–Kier alpha value is -0.820. The van der Waals surface area contributed by atoms with Gasteiger partial charge in [-0.1, -0.05) is 45.0 Å². The van der Waals surface area contributed by atoms with E-state index in [1.54, 1.807) is 0 Å². The Labute approximate surface area is 111 Å². The Morgan fingerprint density at radius 2 is 1.67 bits per heavy atom. The van der Waals surface area contributed by atoms with Crippen LogP contribution in [0.2, 0.25) is 0 Å². The van der Waals surface area contributed by atoms with Crippen molar-refractivity contribution in [3.8, 4) is 0 Å². The molecular weight excluding hydrogens is 220 g/mol. The molecule has 1 aromatic rings. The van der Waals surface area contributed by atoms with Gasteiger partial charge < -0.3 is 5.11 Å². The molecule has 1 aromatic carbocycles. The van der Waals surface area contributed by atoms with Gasteiger partial charge in [0.1, 0.15) is 0 Å². The molecule has 1 N–H and O–H groups in total. The molecule has 1 heteroatoms. The minimum absolute atomic E-state index is 0.368. The standard InChI is InChI=1S/C17H26O/c1-13-7-5-6-8-15(13)17(18)11-9-14(10-12-17)16(2,3)4/h5-8,14,18H,9-12H2,1-4H3. The van der Waals surface area contributed by atoms with Gasteiger partial charge in [-0.25, -0.2) is 0 Å². The topological polar surface area (TPSA) is 20.2 Å². The Kier molecular flexibility index (Phi) is 3.55. The van der Waals surface area contributed by atoms with Gasteiger partial charge in [-0.15, -0.1) is 0 Å². The fourth-order valence-electron chi connectivity index (χ4n) is 3.33. The number of rotatable bonds is 1. The molecule has 0 aromatic heterocycles. The summed E-state index contributed by atoms with van der Waals surface area (Å²) in [6.45, 7) is 9.05. The lowest BCUT2D eigenvalue weighted by Gasteiger charge is -2.42. The Bertz CT molecular complexity index is 406. The van der Waals surface area contributed by atoms with E-state index in [1.807, 2.05) is 12.1 Å². The van der Waals surface area contributed by atoms with Crippen LogP contribution in [0.5, 0.6) is 0 Å². The van der Waals surface area contributed by atoms with E-state index in [2.05, 4.69) is 39.8 Å². The molecule has 1 aliphatic rings. The second-order valence-corrected chi connectivity index (χ2v) is 6.99. The summed E-state index contributed by atoms with van der Waals surface area (Å²) in [5.41, 5.74) is 2.13. The maximum Gasteiger partial charge on any atom is 0.0899 e. The predicted molar refractivity (Wildman–Crippen MR) is 76.5 cm³/mol. The summed E-state index contributed by atoms with van der Waals surface area (Å²) in [5.74, 6) is 0.738. The smallest absolute Gasteiger partial charge is 0.0899 e. The molecular formula is C17H26O. The van der Waals surface area contributed by atoms with E-state index in [4.69, 9.17) is 0 Å². The second kappa shape index (κ2) is 4.70. The molecule has 0 radical (unpaired) electrons. The minimum Gasteiger partial charge on any atom is -0.385 e. The first kappa shape index (κ1) is 13.6. The highest BCUT2D eigenvalue weighted by Gasteiger charge is 2.38. The van der Waals surface area contributed by atoms with E-state index in [0.717, 1.165) is 37.2 Å². The summed E-state index contributed by atoms with van der Waals surface area (Å²) >= 11 is 0. The SMILES string of the molecule is Cc1ccccc1C1(O)CCC(C(C)(C)C)CC1. The lowest BCUT2D eigenvalue weighted by atomic mass is 9.66. The molecule has 0 atom stereocenters. The second-order valence-electron chi connectivity index (χ2n) is 6.99. The zero-order valence-corrected chi connectivity index (χ0v) is 12.2. The summed E-state index contributed by atoms with van der Waals surface area (Å²) in [7, 11) is 0. The molecule has 0 bridgehead atoms. The van der Waals surface area contributed by atoms with Crippen LogP contribution >= 0.6 is 0 Å². The zero-order valence-electron chi connectivity index (χ0n) is 12.2. The molecule has 0 amide bonds. The van der Waals surface area contributed by atoms with E-state index in [1.165, 1.54) is 5.56 Å². The first-order valence-electron chi connectivity index (χ1n) is 7.11. The summed E-state index contributed by atoms with van der Waals surface area (Å²) in [5, 5.41) is 10.9. The molecule has 0 unspecified atom stereocenters. The summed E-state index contributed by atoms with van der Waals surface area (Å²) in [6.07, 6.45) is 4.07. The molecule has 2 rings (SSSR count). The van der Waals surface area contributed by atoms with Crippen LogP contribution in [0.1, 0.15) is 57.6 Å². The Morgan fingerprint density at radius 3 is 2.17 bits per heavy atom. The van der Waals surface area contributed by atoms with Gasteiger partial charge in [-0.2, -0.15) is 0 Å². The van der Waals surface area contributed by atoms with Crippen molar-refractivity contribution in [2.75, 3.05) is 0 Å². The van der Waals surface area contributed by atoms with Crippen molar-refractivity contribution in [1.29, 1.82) is 0 Å². The molecule has 0 spiro atoms. The molecule has 0 heterocycles. The first-order chi connectivity index (χ1) is 8.33. The van der Waals surface area contributed by atoms with E-state index in [0.29, 0.717) is 5.41 Å². The first-order valence-corrected chi connectivity index (χ1v) is 7.11. The third kappa shape index (κ3) is 2.61. The maximum absolute atomic E-state index is 10.9. The highest BCUT2D eigenvalue weighted by molar-refractivity contribution is 5.31. The average Bonchev–Trinajstić information content (AvgIpc) is 2.28. The minimum atomic E-state index is -0.590. The number of aliphatic hydroxyl groups is 1. The summed E-state index contributed by atoms with van der Waals surface area (Å²) in [6, 6.07) is 8.27.